The third kappa shape index (κ3) is 5.57. The fourth-order valence-corrected chi connectivity index (χ4v) is 3.71. The Bertz CT molecular complexity index is 469. The molecule has 0 fully saturated rings. The van der Waals surface area contributed by atoms with Gasteiger partial charge in [-0.05, 0) is 37.1 Å². The van der Waals surface area contributed by atoms with Gasteiger partial charge in [0.1, 0.15) is 9.84 Å². The third-order valence-corrected chi connectivity index (χ3v) is 4.77. The van der Waals surface area contributed by atoms with Gasteiger partial charge in [-0.3, -0.25) is 0 Å². The van der Waals surface area contributed by atoms with Crippen LogP contribution in [0.15, 0.2) is 23.1 Å². The second-order valence-electron chi connectivity index (χ2n) is 4.12. The SMILES string of the molecule is Cc1cc(CCN)ccc1SCCS(C)(=O)=O. The van der Waals surface area contributed by atoms with Crippen LogP contribution in [0.4, 0.5) is 0 Å². The molecule has 2 N–H and O–H groups in total. The molecule has 17 heavy (non-hydrogen) atoms. The van der Waals surface area contributed by atoms with Crippen LogP contribution >= 0.6 is 11.8 Å². The van der Waals surface area contributed by atoms with E-state index in [2.05, 4.69) is 12.1 Å². The number of hydrogen-bond acceptors (Lipinski definition) is 4. The Labute approximate surface area is 108 Å². The van der Waals surface area contributed by atoms with Crippen LogP contribution in [0.3, 0.4) is 0 Å². The molecule has 0 atom stereocenters. The zero-order valence-electron chi connectivity index (χ0n) is 10.3. The van der Waals surface area contributed by atoms with Crippen molar-refractivity contribution in [2.24, 2.45) is 5.73 Å². The summed E-state index contributed by atoms with van der Waals surface area (Å²) in [6.45, 7) is 2.70. The summed E-state index contributed by atoms with van der Waals surface area (Å²) in [7, 11) is -2.86. The lowest BCUT2D eigenvalue weighted by atomic mass is 10.1. The number of rotatable bonds is 6. The largest absolute Gasteiger partial charge is 0.330 e. The first-order chi connectivity index (χ1) is 7.92. The van der Waals surface area contributed by atoms with Crippen LogP contribution in [0.25, 0.3) is 0 Å². The van der Waals surface area contributed by atoms with Gasteiger partial charge in [-0.15, -0.1) is 11.8 Å². The molecule has 0 saturated carbocycles. The van der Waals surface area contributed by atoms with E-state index in [1.807, 2.05) is 13.0 Å². The predicted molar refractivity (Wildman–Crippen MR) is 74.4 cm³/mol. The standard InChI is InChI=1S/C12H19NO2S2/c1-10-9-11(5-6-13)3-4-12(10)16-7-8-17(2,14)15/h3-4,9H,5-8,13H2,1-2H3. The summed E-state index contributed by atoms with van der Waals surface area (Å²) in [5.74, 6) is 0.831. The molecule has 0 amide bonds. The molecule has 0 aliphatic carbocycles. The maximum atomic E-state index is 11.0. The molecule has 0 aliphatic heterocycles. The van der Waals surface area contributed by atoms with Crippen LogP contribution in [0, 0.1) is 6.92 Å². The van der Waals surface area contributed by atoms with Crippen LogP contribution in [0.1, 0.15) is 11.1 Å². The molecule has 1 aromatic rings. The normalized spacial score (nSPS) is 11.7. The lowest BCUT2D eigenvalue weighted by Gasteiger charge is -2.07. The van der Waals surface area contributed by atoms with Gasteiger partial charge >= 0.3 is 0 Å². The van der Waals surface area contributed by atoms with E-state index >= 15 is 0 Å². The molecule has 0 heterocycles. The molecule has 0 bridgehead atoms. The lowest BCUT2D eigenvalue weighted by molar-refractivity contribution is 0.603. The van der Waals surface area contributed by atoms with Crippen molar-refractivity contribution in [2.75, 3.05) is 24.3 Å². The van der Waals surface area contributed by atoms with Gasteiger partial charge in [0.2, 0.25) is 0 Å². The number of sulfone groups is 1. The van der Waals surface area contributed by atoms with Crippen LogP contribution in [-0.2, 0) is 16.3 Å². The minimum Gasteiger partial charge on any atom is -0.330 e. The zero-order valence-corrected chi connectivity index (χ0v) is 11.9. The van der Waals surface area contributed by atoms with E-state index in [0.717, 1.165) is 11.3 Å². The number of benzene rings is 1. The molecule has 0 aromatic heterocycles. The fourth-order valence-electron chi connectivity index (χ4n) is 1.50. The van der Waals surface area contributed by atoms with E-state index in [4.69, 9.17) is 5.73 Å². The summed E-state index contributed by atoms with van der Waals surface area (Å²) >= 11 is 1.59. The fraction of sp³-hybridized carbons (Fsp3) is 0.500. The highest BCUT2D eigenvalue weighted by Gasteiger charge is 2.05. The Morgan fingerprint density at radius 1 is 1.35 bits per heavy atom. The highest BCUT2D eigenvalue weighted by Crippen LogP contribution is 2.23. The highest BCUT2D eigenvalue weighted by atomic mass is 32.2. The van der Waals surface area contributed by atoms with Crippen LogP contribution in [0.5, 0.6) is 0 Å². The topological polar surface area (TPSA) is 60.2 Å². The van der Waals surface area contributed by atoms with Gasteiger partial charge in [0.15, 0.2) is 0 Å². The van der Waals surface area contributed by atoms with E-state index in [1.165, 1.54) is 17.4 Å². The highest BCUT2D eigenvalue weighted by molar-refractivity contribution is 8.00. The average molecular weight is 273 g/mol. The van der Waals surface area contributed by atoms with E-state index < -0.39 is 9.84 Å². The maximum Gasteiger partial charge on any atom is 0.148 e. The summed E-state index contributed by atoms with van der Waals surface area (Å²) in [4.78, 5) is 1.15. The van der Waals surface area contributed by atoms with Crippen molar-refractivity contribution in [3.8, 4) is 0 Å². The van der Waals surface area contributed by atoms with Gasteiger partial charge in [0.25, 0.3) is 0 Å². The van der Waals surface area contributed by atoms with Crippen molar-refractivity contribution in [3.63, 3.8) is 0 Å². The lowest BCUT2D eigenvalue weighted by Crippen LogP contribution is -2.05. The first-order valence-corrected chi connectivity index (χ1v) is 8.57. The molecule has 96 valence electrons. The van der Waals surface area contributed by atoms with Crippen molar-refractivity contribution in [3.05, 3.63) is 29.3 Å². The van der Waals surface area contributed by atoms with Crippen molar-refractivity contribution in [2.45, 2.75) is 18.2 Å². The minimum absolute atomic E-state index is 0.224. The Kier molecular flexibility index (Phi) is 5.49. The molecule has 5 heteroatoms. The second-order valence-corrected chi connectivity index (χ2v) is 7.51. The van der Waals surface area contributed by atoms with Crippen LogP contribution in [-0.4, -0.2) is 32.7 Å². The quantitative estimate of drug-likeness (QED) is 0.800. The molecule has 3 nitrogen and oxygen atoms in total. The Balaban J connectivity index is 2.60. The predicted octanol–water partition coefficient (Wildman–Crippen LogP) is 1.63. The summed E-state index contributed by atoms with van der Waals surface area (Å²) in [6, 6.07) is 6.23. The number of aryl methyl sites for hydroxylation is 1. The number of hydrogen-bond donors (Lipinski definition) is 1. The first-order valence-electron chi connectivity index (χ1n) is 5.52. The molecule has 0 saturated heterocycles. The van der Waals surface area contributed by atoms with Crippen LogP contribution < -0.4 is 5.73 Å². The molecular weight excluding hydrogens is 254 g/mol. The first kappa shape index (κ1) is 14.5. The molecule has 0 unspecified atom stereocenters. The van der Waals surface area contributed by atoms with Gasteiger partial charge in [-0.1, -0.05) is 12.1 Å². The van der Waals surface area contributed by atoms with Gasteiger partial charge in [-0.25, -0.2) is 8.42 Å². The second kappa shape index (κ2) is 6.42. The summed E-state index contributed by atoms with van der Waals surface area (Å²) in [5.41, 5.74) is 7.93. The number of thioether (sulfide) groups is 1. The smallest absolute Gasteiger partial charge is 0.148 e. The van der Waals surface area contributed by atoms with Crippen molar-refractivity contribution < 1.29 is 8.42 Å². The molecule has 0 radical (unpaired) electrons. The Hall–Kier alpha value is -0.520. The monoisotopic (exact) mass is 273 g/mol. The summed E-state index contributed by atoms with van der Waals surface area (Å²) < 4.78 is 22.0. The summed E-state index contributed by atoms with van der Waals surface area (Å²) in [5, 5.41) is 0. The van der Waals surface area contributed by atoms with E-state index in [-0.39, 0.29) is 5.75 Å². The molecule has 1 rings (SSSR count). The van der Waals surface area contributed by atoms with Gasteiger partial charge in [0, 0.05) is 16.9 Å². The Morgan fingerprint density at radius 3 is 2.59 bits per heavy atom. The summed E-state index contributed by atoms with van der Waals surface area (Å²) in [6.07, 6.45) is 2.15. The van der Waals surface area contributed by atoms with E-state index in [9.17, 15) is 8.42 Å². The molecule has 0 spiro atoms. The maximum absolute atomic E-state index is 11.0. The van der Waals surface area contributed by atoms with Gasteiger partial charge < -0.3 is 5.73 Å². The average Bonchev–Trinajstić information content (AvgIpc) is 2.20. The van der Waals surface area contributed by atoms with E-state index in [0.29, 0.717) is 12.3 Å². The molecule has 0 aliphatic rings. The van der Waals surface area contributed by atoms with Crippen LogP contribution in [0.2, 0.25) is 0 Å². The minimum atomic E-state index is -2.86. The number of nitrogens with two attached hydrogens (primary N) is 1. The van der Waals surface area contributed by atoms with Gasteiger partial charge in [-0.2, -0.15) is 0 Å². The van der Waals surface area contributed by atoms with Crippen molar-refractivity contribution in [1.29, 1.82) is 0 Å². The zero-order chi connectivity index (χ0) is 12.9. The molecular formula is C12H19NO2S2. The van der Waals surface area contributed by atoms with Gasteiger partial charge in [0.05, 0.1) is 5.75 Å². The van der Waals surface area contributed by atoms with Crippen molar-refractivity contribution >= 4 is 21.6 Å². The van der Waals surface area contributed by atoms with Crippen molar-refractivity contribution in [1.82, 2.24) is 0 Å². The van der Waals surface area contributed by atoms with E-state index in [1.54, 1.807) is 11.8 Å². The Morgan fingerprint density at radius 2 is 2.06 bits per heavy atom. The third-order valence-electron chi connectivity index (χ3n) is 2.38. The molecule has 1 aromatic carbocycles.